The fourth-order valence-electron chi connectivity index (χ4n) is 7.57. The number of hydrogen-bond donors (Lipinski definition) is 3. The normalized spacial score (nSPS) is 18.4. The molecule has 15 nitrogen and oxygen atoms in total. The molecule has 4 atom stereocenters. The maximum absolute atomic E-state index is 13.9. The maximum atomic E-state index is 13.9. The Labute approximate surface area is 334 Å². The van der Waals surface area contributed by atoms with Crippen LogP contribution in [0.3, 0.4) is 0 Å². The molecule has 2 aromatic carbocycles. The Balaban J connectivity index is 1.11. The predicted molar refractivity (Wildman–Crippen MR) is 219 cm³/mol. The highest BCUT2D eigenvalue weighted by molar-refractivity contribution is 5.89. The molecular formula is C42H53N11O4. The molecule has 0 saturated carbocycles. The molecule has 4 aromatic rings. The minimum atomic E-state index is -0.573. The molecule has 0 unspecified atom stereocenters. The number of hydrogen-bond acceptors (Lipinski definition) is 8. The third-order valence-corrected chi connectivity index (χ3v) is 10.6. The first-order chi connectivity index (χ1) is 27.5. The smallest absolute Gasteiger partial charge is 0.280 e. The molecule has 300 valence electrons. The maximum Gasteiger partial charge on any atom is 0.280 e. The standard InChI is InChI=1S/C42H53N11O4/c1-26(2)36(46-25-57-56-8)40(54)52-21-9-11-34(52)38-44-23-32(47-38)30-17-13-28(14-18-30)29-15-19-31(20-16-29)33-24-45-39(48-33)35-12-10-22-53(35)41(55)37(27(3)4)49-42(50-43-5)51(6)7/h13-20,23-27,34-37H,9-12,21-22H2,1-4,6-8H3,(H,44,47)(H,45,48)(H,49,50)/b46-25+/t34-,35-,36-,37-/m0/s1. The summed E-state index contributed by atoms with van der Waals surface area (Å²) in [7, 11) is 4.98. The number of aromatic amines is 2. The SMILES string of the molecule is [C-]#[N+]N=C(N[C@H](C(=O)N1CCC[C@H]1c1ncc(-c2ccc(-c3ccc(-c4cnc([C@@H]5CCCN5C(=O)[C@@H](/N=C/OOC)C(C)C)[nH]4)cc3)cc2)[nH]1)C(C)C)N(C)C. The number of amides is 2. The summed E-state index contributed by atoms with van der Waals surface area (Å²) in [4.78, 5) is 66.2. The Kier molecular flexibility index (Phi) is 13.0. The Morgan fingerprint density at radius 2 is 1.33 bits per heavy atom. The lowest BCUT2D eigenvalue weighted by Gasteiger charge is -2.31. The Bertz CT molecular complexity index is 2080. The van der Waals surface area contributed by atoms with Gasteiger partial charge in [-0.25, -0.2) is 15.0 Å². The van der Waals surface area contributed by atoms with Gasteiger partial charge in [-0.1, -0.05) is 76.2 Å². The summed E-state index contributed by atoms with van der Waals surface area (Å²) in [5.74, 6) is 1.78. The average Bonchev–Trinajstić information content (AvgIpc) is 4.04. The van der Waals surface area contributed by atoms with Gasteiger partial charge < -0.3 is 34.9 Å². The van der Waals surface area contributed by atoms with E-state index in [9.17, 15) is 9.59 Å². The van der Waals surface area contributed by atoms with Gasteiger partial charge in [0.15, 0.2) is 0 Å². The van der Waals surface area contributed by atoms with Crippen LogP contribution in [0.4, 0.5) is 0 Å². The highest BCUT2D eigenvalue weighted by atomic mass is 17.2. The molecule has 2 amide bonds. The van der Waals surface area contributed by atoms with E-state index in [1.807, 2.05) is 49.9 Å². The molecule has 57 heavy (non-hydrogen) atoms. The van der Waals surface area contributed by atoms with Gasteiger partial charge in [0.25, 0.3) is 5.96 Å². The molecule has 2 fully saturated rings. The highest BCUT2D eigenvalue weighted by Gasteiger charge is 2.38. The van der Waals surface area contributed by atoms with E-state index in [1.165, 1.54) is 13.5 Å². The molecular weight excluding hydrogens is 723 g/mol. The molecule has 2 saturated heterocycles. The van der Waals surface area contributed by atoms with Crippen LogP contribution < -0.4 is 5.32 Å². The molecule has 0 radical (unpaired) electrons. The largest absolute Gasteiger partial charge is 0.343 e. The molecule has 0 aliphatic carbocycles. The van der Waals surface area contributed by atoms with Crippen LogP contribution in [-0.2, 0) is 19.4 Å². The predicted octanol–water partition coefficient (Wildman–Crippen LogP) is 6.46. The van der Waals surface area contributed by atoms with E-state index in [0.29, 0.717) is 19.0 Å². The number of carbonyl (C=O) groups is 2. The molecule has 2 aromatic heterocycles. The van der Waals surface area contributed by atoms with Crippen LogP contribution in [0.2, 0.25) is 0 Å². The monoisotopic (exact) mass is 775 g/mol. The summed E-state index contributed by atoms with van der Waals surface area (Å²) in [6.45, 7) is 16.4. The number of H-pyrrole nitrogens is 2. The number of imidazole rings is 2. The Morgan fingerprint density at radius 3 is 1.77 bits per heavy atom. The number of likely N-dealkylation sites (tertiary alicyclic amines) is 2. The quantitative estimate of drug-likeness (QED) is 0.0459. The summed E-state index contributed by atoms with van der Waals surface area (Å²) in [5, 5.41) is 7.06. The topological polar surface area (TPSA) is 161 Å². The van der Waals surface area contributed by atoms with E-state index in [2.05, 4.69) is 83.8 Å². The van der Waals surface area contributed by atoms with Crippen molar-refractivity contribution in [1.29, 1.82) is 0 Å². The third-order valence-electron chi connectivity index (χ3n) is 10.6. The van der Waals surface area contributed by atoms with Crippen molar-refractivity contribution in [2.45, 2.75) is 77.5 Å². The van der Waals surface area contributed by atoms with Crippen LogP contribution in [0, 0.1) is 18.4 Å². The molecule has 0 spiro atoms. The van der Waals surface area contributed by atoms with Crippen molar-refractivity contribution in [3.05, 3.63) is 84.1 Å². The van der Waals surface area contributed by atoms with Gasteiger partial charge in [-0.15, -0.1) is 4.95 Å². The van der Waals surface area contributed by atoms with E-state index >= 15 is 0 Å². The van der Waals surface area contributed by atoms with Crippen LogP contribution in [0.5, 0.6) is 0 Å². The zero-order chi connectivity index (χ0) is 40.6. The van der Waals surface area contributed by atoms with Crippen molar-refractivity contribution in [3.63, 3.8) is 0 Å². The number of aliphatic imine (C=N–C) groups is 1. The lowest BCUT2D eigenvalue weighted by Crippen LogP contribution is -2.53. The van der Waals surface area contributed by atoms with Gasteiger partial charge in [-0.3, -0.25) is 9.59 Å². The summed E-state index contributed by atoms with van der Waals surface area (Å²) >= 11 is 0. The van der Waals surface area contributed by atoms with Crippen molar-refractivity contribution in [1.82, 2.24) is 40.0 Å². The van der Waals surface area contributed by atoms with Crippen molar-refractivity contribution in [2.24, 2.45) is 21.9 Å². The van der Waals surface area contributed by atoms with Crippen molar-refractivity contribution in [2.75, 3.05) is 34.3 Å². The second-order valence-electron chi connectivity index (χ2n) is 15.4. The first-order valence-corrected chi connectivity index (χ1v) is 19.5. The number of guanidine groups is 1. The molecule has 2 aliphatic heterocycles. The van der Waals surface area contributed by atoms with Crippen LogP contribution in [0.15, 0.2) is 71.0 Å². The van der Waals surface area contributed by atoms with Crippen LogP contribution in [-0.4, -0.2) is 105 Å². The van der Waals surface area contributed by atoms with Crippen LogP contribution in [0.1, 0.15) is 77.1 Å². The minimum Gasteiger partial charge on any atom is -0.343 e. The number of carbonyl (C=O) groups excluding carboxylic acids is 2. The zero-order valence-corrected chi connectivity index (χ0v) is 33.8. The summed E-state index contributed by atoms with van der Waals surface area (Å²) in [6, 6.07) is 15.3. The Hall–Kier alpha value is -6.01. The molecule has 4 heterocycles. The summed E-state index contributed by atoms with van der Waals surface area (Å²) < 4.78 is 0. The van der Waals surface area contributed by atoms with E-state index in [0.717, 1.165) is 71.0 Å². The number of aromatic nitrogens is 4. The second kappa shape index (κ2) is 18.3. The number of nitrogens with one attached hydrogen (secondary N) is 3. The zero-order valence-electron chi connectivity index (χ0n) is 33.8. The highest BCUT2D eigenvalue weighted by Crippen LogP contribution is 2.35. The molecule has 2 aliphatic rings. The van der Waals surface area contributed by atoms with E-state index in [4.69, 9.17) is 21.4 Å². The van der Waals surface area contributed by atoms with Gasteiger partial charge in [0.05, 0.1) is 43.0 Å². The average molecular weight is 776 g/mol. The molecule has 3 N–H and O–H groups in total. The third kappa shape index (κ3) is 9.18. The molecule has 15 heteroatoms. The Morgan fingerprint density at radius 1 is 0.842 bits per heavy atom. The van der Waals surface area contributed by atoms with Gasteiger partial charge in [0, 0.05) is 27.2 Å². The van der Waals surface area contributed by atoms with Gasteiger partial charge in [0.1, 0.15) is 28.8 Å². The van der Waals surface area contributed by atoms with Crippen LogP contribution in [0.25, 0.3) is 38.6 Å². The number of nitrogens with zero attached hydrogens (tertiary/aromatic N) is 8. The lowest BCUT2D eigenvalue weighted by atomic mass is 10.0. The van der Waals surface area contributed by atoms with Gasteiger partial charge in [-0.05, 0) is 59.8 Å². The summed E-state index contributed by atoms with van der Waals surface area (Å²) in [6.07, 6.45) is 8.25. The molecule has 0 bridgehead atoms. The number of benzene rings is 2. The fraction of sp³-hybridized carbons (Fsp3) is 0.452. The van der Waals surface area contributed by atoms with Gasteiger partial charge in [-0.2, -0.15) is 11.5 Å². The minimum absolute atomic E-state index is 0.00887. The van der Waals surface area contributed by atoms with Crippen LogP contribution >= 0.6 is 0 Å². The van der Waals surface area contributed by atoms with Gasteiger partial charge >= 0.3 is 0 Å². The fourth-order valence-corrected chi connectivity index (χ4v) is 7.57. The van der Waals surface area contributed by atoms with Crippen molar-refractivity contribution >= 4 is 24.2 Å². The number of rotatable bonds is 13. The second-order valence-corrected chi connectivity index (χ2v) is 15.4. The van der Waals surface area contributed by atoms with Crippen molar-refractivity contribution in [3.8, 4) is 33.6 Å². The van der Waals surface area contributed by atoms with Crippen molar-refractivity contribution < 1.29 is 19.4 Å². The first kappa shape index (κ1) is 40.6. The van der Waals surface area contributed by atoms with E-state index < -0.39 is 12.1 Å². The molecule has 6 rings (SSSR count). The first-order valence-electron chi connectivity index (χ1n) is 19.5. The summed E-state index contributed by atoms with van der Waals surface area (Å²) in [5.41, 5.74) is 5.92. The van der Waals surface area contributed by atoms with E-state index in [-0.39, 0.29) is 35.7 Å². The van der Waals surface area contributed by atoms with E-state index in [1.54, 1.807) is 19.0 Å². The lowest BCUT2D eigenvalue weighted by molar-refractivity contribution is -0.188. The van der Waals surface area contributed by atoms with Gasteiger partial charge in [0.2, 0.25) is 18.2 Å².